The summed E-state index contributed by atoms with van der Waals surface area (Å²) < 4.78 is 16.7. The minimum atomic E-state index is -1.26. The average molecular weight is 708 g/mol. The number of allylic oxidation sites excluding steroid dienone is 1. The van der Waals surface area contributed by atoms with E-state index in [0.717, 1.165) is 17.3 Å². The summed E-state index contributed by atoms with van der Waals surface area (Å²) in [5.74, 6) is -2.92. The molecule has 1 amide bonds. The third-order valence-electron chi connectivity index (χ3n) is 8.05. The largest absolute Gasteiger partial charge is 0.478 e. The van der Waals surface area contributed by atoms with Gasteiger partial charge in [-0.3, -0.25) is 4.79 Å². The number of carboxylic acids is 2. The second-order valence-electron chi connectivity index (χ2n) is 13.0. The van der Waals surface area contributed by atoms with E-state index >= 15 is 0 Å². The molecule has 0 bridgehead atoms. The number of amides is 1. The zero-order valence-corrected chi connectivity index (χ0v) is 31.0. The first kappa shape index (κ1) is 42.5. The van der Waals surface area contributed by atoms with E-state index in [1.807, 2.05) is 65.0 Å². The number of aryl methyl sites for hydroxylation is 1. The van der Waals surface area contributed by atoms with Crippen LogP contribution in [0.3, 0.4) is 0 Å². The molecule has 0 aliphatic carbocycles. The van der Waals surface area contributed by atoms with Crippen LogP contribution in [-0.2, 0) is 31.8 Å². The summed E-state index contributed by atoms with van der Waals surface area (Å²) in [5.41, 5.74) is 2.14. The lowest BCUT2D eigenvalue weighted by Gasteiger charge is -2.39. The Hall–Kier alpha value is -4.62. The monoisotopic (exact) mass is 707 g/mol. The highest BCUT2D eigenvalue weighted by molar-refractivity contribution is 5.98. The number of aliphatic hydroxyl groups is 1. The maximum absolute atomic E-state index is 14.5. The lowest BCUT2D eigenvalue weighted by Crippen LogP contribution is -2.50. The molecule has 1 aliphatic rings. The van der Waals surface area contributed by atoms with Crippen LogP contribution in [0.25, 0.3) is 5.69 Å². The zero-order valence-electron chi connectivity index (χ0n) is 31.0. The highest BCUT2D eigenvalue weighted by Gasteiger charge is 2.38. The van der Waals surface area contributed by atoms with Gasteiger partial charge in [-0.2, -0.15) is 5.10 Å². The van der Waals surface area contributed by atoms with Crippen LogP contribution in [0, 0.1) is 18.3 Å². The van der Waals surface area contributed by atoms with Crippen LogP contribution in [0.4, 0.5) is 5.69 Å². The van der Waals surface area contributed by atoms with Crippen LogP contribution >= 0.6 is 0 Å². The molecule has 0 radical (unpaired) electrons. The van der Waals surface area contributed by atoms with Crippen LogP contribution in [0.5, 0.6) is 0 Å². The van der Waals surface area contributed by atoms with Gasteiger partial charge in [-0.15, -0.1) is 6.58 Å². The Morgan fingerprint density at radius 1 is 1.10 bits per heavy atom. The Morgan fingerprint density at radius 2 is 1.75 bits per heavy atom. The predicted molar refractivity (Wildman–Crippen MR) is 197 cm³/mol. The van der Waals surface area contributed by atoms with Crippen LogP contribution in [0.15, 0.2) is 73.5 Å². The van der Waals surface area contributed by atoms with Gasteiger partial charge >= 0.3 is 11.9 Å². The summed E-state index contributed by atoms with van der Waals surface area (Å²) in [6, 6.07) is 12.0. The zero-order chi connectivity index (χ0) is 38.3. The predicted octanol–water partition coefficient (Wildman–Crippen LogP) is 5.77. The average Bonchev–Trinajstić information content (AvgIpc) is 3.51. The Kier molecular flexibility index (Phi) is 16.9. The van der Waals surface area contributed by atoms with Crippen LogP contribution in [0.1, 0.15) is 65.2 Å². The smallest absolute Gasteiger partial charge is 0.339 e. The fourth-order valence-corrected chi connectivity index (χ4v) is 5.57. The first-order valence-electron chi connectivity index (χ1n) is 16.6. The van der Waals surface area contributed by atoms with E-state index < -0.39 is 29.6 Å². The van der Waals surface area contributed by atoms with Gasteiger partial charge in [0.05, 0.1) is 35.9 Å². The number of aliphatic hydroxyl groups excluding tert-OH is 1. The molecule has 51 heavy (non-hydrogen) atoms. The van der Waals surface area contributed by atoms with Gasteiger partial charge in [0, 0.05) is 64.3 Å². The molecule has 2 unspecified atom stereocenters. The maximum atomic E-state index is 14.5. The number of fused-ring (bicyclic) bond motifs is 1. The Bertz CT molecular complexity index is 1650. The lowest BCUT2D eigenvalue weighted by atomic mass is 9.90. The second kappa shape index (κ2) is 20.3. The van der Waals surface area contributed by atoms with E-state index in [2.05, 4.69) is 21.2 Å². The molecular formula is C39H53N3O9. The van der Waals surface area contributed by atoms with Gasteiger partial charge in [-0.05, 0) is 37.6 Å². The molecule has 2 heterocycles. The molecule has 0 saturated heterocycles. The molecule has 1 aliphatic heterocycles. The number of carbonyl (C=O) groups excluding carboxylic acids is 1. The third kappa shape index (κ3) is 11.7. The number of hydrogen-bond donors (Lipinski definition) is 3. The molecule has 4 rings (SSSR count). The van der Waals surface area contributed by atoms with Gasteiger partial charge in [-0.1, -0.05) is 68.8 Å². The summed E-state index contributed by atoms with van der Waals surface area (Å²) >= 11 is 0. The van der Waals surface area contributed by atoms with Crippen molar-refractivity contribution in [2.75, 3.05) is 46.0 Å². The van der Waals surface area contributed by atoms with Crippen LogP contribution < -0.4 is 4.90 Å². The Morgan fingerprint density at radius 3 is 2.29 bits per heavy atom. The van der Waals surface area contributed by atoms with Gasteiger partial charge in [0.25, 0.3) is 5.91 Å². The number of aromatic nitrogens is 2. The van der Waals surface area contributed by atoms with E-state index in [-0.39, 0.29) is 53.9 Å². The molecule has 2 aromatic carbocycles. The Labute approximate surface area is 301 Å². The van der Waals surface area contributed by atoms with Crippen LogP contribution in [-0.4, -0.2) is 96.2 Å². The fraction of sp³-hybridized carbons (Fsp3) is 0.436. The van der Waals surface area contributed by atoms with E-state index in [1.54, 1.807) is 44.4 Å². The van der Waals surface area contributed by atoms with Gasteiger partial charge in [-0.25, -0.2) is 14.3 Å². The van der Waals surface area contributed by atoms with Crippen molar-refractivity contribution in [3.05, 3.63) is 101 Å². The number of benzene rings is 2. The maximum Gasteiger partial charge on any atom is 0.339 e. The SMILES string of the molecule is C/C=C\C(C)C1Cc2cc(C)ccc2N(CC(C)(C)CO)C(=O)[C@@H](Cc2c(C(=O)O)cnn2-c2ccccc2C(=O)O)O1.C=CCOC.COC. The van der Waals surface area contributed by atoms with Crippen molar-refractivity contribution >= 4 is 23.5 Å². The molecule has 3 aromatic rings. The molecular weight excluding hydrogens is 654 g/mol. The van der Waals surface area contributed by atoms with Gasteiger partial charge in [0.15, 0.2) is 0 Å². The van der Waals surface area contributed by atoms with Crippen molar-refractivity contribution < 1.29 is 43.9 Å². The van der Waals surface area contributed by atoms with Crippen molar-refractivity contribution in [1.29, 1.82) is 0 Å². The van der Waals surface area contributed by atoms with E-state index in [9.17, 15) is 29.7 Å². The minimum Gasteiger partial charge on any atom is -0.478 e. The molecule has 0 saturated carbocycles. The summed E-state index contributed by atoms with van der Waals surface area (Å²) in [4.78, 5) is 40.5. The normalized spacial score (nSPS) is 16.5. The summed E-state index contributed by atoms with van der Waals surface area (Å²) in [7, 11) is 4.89. The first-order chi connectivity index (χ1) is 24.2. The summed E-state index contributed by atoms with van der Waals surface area (Å²) in [5, 5.41) is 34.2. The molecule has 0 spiro atoms. The highest BCUT2D eigenvalue weighted by Crippen LogP contribution is 2.34. The number of para-hydroxylation sites is 1. The Balaban J connectivity index is 0.00000102. The number of carbonyl (C=O) groups is 3. The van der Waals surface area contributed by atoms with Crippen molar-refractivity contribution in [3.63, 3.8) is 0 Å². The number of methoxy groups -OCH3 is 2. The van der Waals surface area contributed by atoms with Crippen molar-refractivity contribution in [3.8, 4) is 5.69 Å². The second-order valence-corrected chi connectivity index (χ2v) is 13.0. The minimum absolute atomic E-state index is 0.0658. The van der Waals surface area contributed by atoms with Crippen molar-refractivity contribution in [2.24, 2.45) is 11.3 Å². The van der Waals surface area contributed by atoms with Gasteiger partial charge in [0.2, 0.25) is 0 Å². The number of aromatic carboxylic acids is 2. The molecule has 3 N–H and O–H groups in total. The number of rotatable bonds is 12. The lowest BCUT2D eigenvalue weighted by molar-refractivity contribution is -0.136. The summed E-state index contributed by atoms with van der Waals surface area (Å²) in [6.45, 7) is 13.7. The molecule has 3 atom stereocenters. The molecule has 1 aromatic heterocycles. The number of carboxylic acid groups (broad SMARTS) is 2. The standard InChI is InChI=1S/C33H39N3O7.C4H8O.C2H6O/c1-6-9-21(3)28-15-22-14-20(2)12-13-25(22)35(18-33(4,5)19-37)30(38)29(43-28)16-27-24(32(41)42)17-34-36(27)26-11-8-7-10-23(26)31(39)40;1-3-4-5-2;1-3-2/h6-14,17,21,28-29,37H,15-16,18-19H2,1-5H3,(H,39,40)(H,41,42);3H,1,4H2,2H3;1-2H3/b9-6-;;/t21?,28?,29-;;/m1../s1. The molecule has 0 fully saturated rings. The van der Waals surface area contributed by atoms with Crippen molar-refractivity contribution in [2.45, 2.75) is 59.7 Å². The van der Waals surface area contributed by atoms with Crippen LogP contribution in [0.2, 0.25) is 0 Å². The van der Waals surface area contributed by atoms with E-state index in [0.29, 0.717) is 18.7 Å². The van der Waals surface area contributed by atoms with E-state index in [4.69, 9.17) is 4.74 Å². The topological polar surface area (TPSA) is 161 Å². The van der Waals surface area contributed by atoms with E-state index in [1.165, 1.54) is 16.8 Å². The fourth-order valence-electron chi connectivity index (χ4n) is 5.57. The highest BCUT2D eigenvalue weighted by atomic mass is 16.5. The first-order valence-corrected chi connectivity index (χ1v) is 16.6. The molecule has 12 nitrogen and oxygen atoms in total. The van der Waals surface area contributed by atoms with Gasteiger partial charge < -0.3 is 34.4 Å². The summed E-state index contributed by atoms with van der Waals surface area (Å²) in [6.07, 6.45) is 5.57. The quantitative estimate of drug-likeness (QED) is 0.197. The number of anilines is 1. The molecule has 278 valence electrons. The van der Waals surface area contributed by atoms with Crippen molar-refractivity contribution in [1.82, 2.24) is 9.78 Å². The van der Waals surface area contributed by atoms with Gasteiger partial charge in [0.1, 0.15) is 11.7 Å². The number of hydrogen-bond acceptors (Lipinski definition) is 8. The molecule has 12 heteroatoms. The number of ether oxygens (including phenoxy) is 3. The third-order valence-corrected chi connectivity index (χ3v) is 8.05. The number of nitrogens with zero attached hydrogens (tertiary/aromatic N) is 3.